The molecule has 0 spiro atoms. The number of ether oxygens (including phenoxy) is 1. The molecule has 236 valence electrons. The summed E-state index contributed by atoms with van der Waals surface area (Å²) < 4.78 is 19.6. The van der Waals surface area contributed by atoms with E-state index < -0.39 is 18.2 Å². The molecule has 0 aromatic carbocycles. The smallest absolute Gasteiger partial charge is 0.326 e. The first kappa shape index (κ1) is 35.4. The number of aliphatic imine (C=N–C) groups is 1. The standard InChI is InChI=1S/C33H54FN5O3/c1-8-24(2)21-36-30(33(4,5)6)20-25(3)37-29(32(40)41)16-19-39(22-27(34)23-42-7)18-10-9-13-28-15-14-26-12-11-17-35-31(26)38-28/h14-15,20-21,27,29,37H,8-13,16-19,22-23H2,1-7H3,(H,35,38)(H,40,41)/b24-21+,25-20+,36-30-/t27-,29-/m0/s1. The van der Waals surface area contributed by atoms with Gasteiger partial charge in [0.15, 0.2) is 0 Å². The number of aromatic nitrogens is 1. The number of carbonyl (C=O) groups is 1. The molecule has 0 saturated heterocycles. The number of carboxylic acids is 1. The Bertz CT molecular complexity index is 1080. The Kier molecular flexibility index (Phi) is 15.2. The highest BCUT2D eigenvalue weighted by Gasteiger charge is 2.22. The number of halogens is 1. The maximum Gasteiger partial charge on any atom is 0.326 e. The van der Waals surface area contributed by atoms with E-state index in [-0.39, 0.29) is 18.6 Å². The number of fused-ring (bicyclic) bond motifs is 1. The Morgan fingerprint density at radius 1 is 1.29 bits per heavy atom. The van der Waals surface area contributed by atoms with Crippen molar-refractivity contribution in [3.8, 4) is 0 Å². The number of hydrogen-bond acceptors (Lipinski definition) is 7. The van der Waals surface area contributed by atoms with Crippen molar-refractivity contribution in [2.45, 2.75) is 98.7 Å². The Hall–Kier alpha value is -2.78. The topological polar surface area (TPSA) is 99.1 Å². The van der Waals surface area contributed by atoms with E-state index in [1.807, 2.05) is 31.0 Å². The molecule has 1 aromatic heterocycles. The Morgan fingerprint density at radius 2 is 2.05 bits per heavy atom. The molecule has 0 fully saturated rings. The number of aryl methyl sites for hydroxylation is 2. The predicted molar refractivity (Wildman–Crippen MR) is 171 cm³/mol. The zero-order chi connectivity index (χ0) is 31.1. The molecule has 1 aromatic rings. The van der Waals surface area contributed by atoms with Gasteiger partial charge in [-0.3, -0.25) is 4.99 Å². The second-order valence-corrected chi connectivity index (χ2v) is 12.4. The number of methoxy groups -OCH3 is 1. The van der Waals surface area contributed by atoms with Gasteiger partial charge in [-0.15, -0.1) is 0 Å². The summed E-state index contributed by atoms with van der Waals surface area (Å²) in [5, 5.41) is 16.5. The fourth-order valence-electron chi connectivity index (χ4n) is 4.77. The molecule has 2 heterocycles. The normalized spacial score (nSPS) is 16.2. The van der Waals surface area contributed by atoms with Crippen LogP contribution in [-0.4, -0.2) is 78.8 Å². The van der Waals surface area contributed by atoms with Crippen LogP contribution in [0.25, 0.3) is 0 Å². The van der Waals surface area contributed by atoms with Crippen LogP contribution in [-0.2, 0) is 22.4 Å². The Balaban J connectivity index is 2.01. The molecule has 0 radical (unpaired) electrons. The number of alkyl halides is 1. The minimum atomic E-state index is -1.13. The van der Waals surface area contributed by atoms with Crippen molar-refractivity contribution in [1.29, 1.82) is 0 Å². The van der Waals surface area contributed by atoms with Crippen LogP contribution in [0.4, 0.5) is 10.2 Å². The summed E-state index contributed by atoms with van der Waals surface area (Å²) in [4.78, 5) is 23.7. The number of rotatable bonds is 18. The van der Waals surface area contributed by atoms with Gasteiger partial charge in [-0.2, -0.15) is 0 Å². The number of unbranched alkanes of at least 4 members (excludes halogenated alkanes) is 1. The van der Waals surface area contributed by atoms with Crippen molar-refractivity contribution in [3.63, 3.8) is 0 Å². The Morgan fingerprint density at radius 3 is 2.71 bits per heavy atom. The fraction of sp³-hybridized carbons (Fsp3) is 0.667. The van der Waals surface area contributed by atoms with Gasteiger partial charge >= 0.3 is 5.97 Å². The summed E-state index contributed by atoms with van der Waals surface area (Å²) in [7, 11) is 1.49. The second kappa shape index (κ2) is 18.0. The highest BCUT2D eigenvalue weighted by Crippen LogP contribution is 2.21. The molecule has 0 aliphatic carbocycles. The van der Waals surface area contributed by atoms with E-state index >= 15 is 0 Å². The third kappa shape index (κ3) is 13.0. The van der Waals surface area contributed by atoms with Gasteiger partial charge in [-0.05, 0) is 83.0 Å². The molecule has 2 rings (SSSR count). The van der Waals surface area contributed by atoms with Crippen LogP contribution in [0.3, 0.4) is 0 Å². The third-order valence-corrected chi connectivity index (χ3v) is 7.45. The van der Waals surface area contributed by atoms with Crippen LogP contribution in [0, 0.1) is 5.41 Å². The van der Waals surface area contributed by atoms with Gasteiger partial charge in [0.25, 0.3) is 0 Å². The zero-order valence-corrected chi connectivity index (χ0v) is 26.9. The summed E-state index contributed by atoms with van der Waals surface area (Å²) in [6.07, 6.45) is 8.79. The first-order valence-corrected chi connectivity index (χ1v) is 15.4. The lowest BCUT2D eigenvalue weighted by molar-refractivity contribution is -0.139. The molecule has 9 heteroatoms. The largest absolute Gasteiger partial charge is 0.480 e. The molecule has 0 amide bonds. The van der Waals surface area contributed by atoms with Crippen LogP contribution in [0.5, 0.6) is 0 Å². The van der Waals surface area contributed by atoms with Crippen molar-refractivity contribution in [3.05, 3.63) is 46.9 Å². The highest BCUT2D eigenvalue weighted by atomic mass is 19.1. The molecule has 1 aliphatic rings. The molecule has 1 aliphatic heterocycles. The molecular weight excluding hydrogens is 533 g/mol. The van der Waals surface area contributed by atoms with Gasteiger partial charge in [0.05, 0.1) is 6.61 Å². The van der Waals surface area contributed by atoms with Crippen molar-refractivity contribution >= 4 is 17.5 Å². The number of hydrogen-bond donors (Lipinski definition) is 3. The van der Waals surface area contributed by atoms with Gasteiger partial charge in [0.2, 0.25) is 0 Å². The van der Waals surface area contributed by atoms with E-state index in [9.17, 15) is 14.3 Å². The maximum absolute atomic E-state index is 14.5. The number of anilines is 1. The van der Waals surface area contributed by atoms with E-state index in [0.717, 1.165) is 68.0 Å². The lowest BCUT2D eigenvalue weighted by Crippen LogP contribution is -2.41. The van der Waals surface area contributed by atoms with E-state index in [1.165, 1.54) is 18.2 Å². The molecule has 8 nitrogen and oxygen atoms in total. The second-order valence-electron chi connectivity index (χ2n) is 12.4. The van der Waals surface area contributed by atoms with Gasteiger partial charge in [-0.1, -0.05) is 39.3 Å². The quantitative estimate of drug-likeness (QED) is 0.139. The number of nitrogens with one attached hydrogen (secondary N) is 2. The van der Waals surface area contributed by atoms with E-state index in [2.05, 4.69) is 55.5 Å². The first-order chi connectivity index (χ1) is 19.9. The molecule has 0 saturated carbocycles. The van der Waals surface area contributed by atoms with Crippen LogP contribution in [0.1, 0.15) is 84.9 Å². The van der Waals surface area contributed by atoms with Gasteiger partial charge < -0.3 is 25.4 Å². The number of carboxylic acid groups (broad SMARTS) is 1. The fourth-order valence-corrected chi connectivity index (χ4v) is 4.77. The molecule has 3 N–H and O–H groups in total. The maximum atomic E-state index is 14.5. The summed E-state index contributed by atoms with van der Waals surface area (Å²) >= 11 is 0. The lowest BCUT2D eigenvalue weighted by Gasteiger charge is -2.26. The Labute approximate surface area is 252 Å². The van der Waals surface area contributed by atoms with Crippen molar-refractivity contribution in [2.75, 3.05) is 45.2 Å². The predicted octanol–water partition coefficient (Wildman–Crippen LogP) is 6.19. The number of aliphatic carboxylic acids is 1. The monoisotopic (exact) mass is 587 g/mol. The zero-order valence-electron chi connectivity index (χ0n) is 26.9. The number of nitrogens with zero attached hydrogens (tertiary/aromatic N) is 3. The minimum absolute atomic E-state index is 0.0197. The average Bonchev–Trinajstić information content (AvgIpc) is 2.94. The van der Waals surface area contributed by atoms with Crippen LogP contribution in [0.15, 0.2) is 40.7 Å². The van der Waals surface area contributed by atoms with E-state index in [4.69, 9.17) is 9.72 Å². The van der Waals surface area contributed by atoms with Crippen molar-refractivity contribution in [1.82, 2.24) is 15.2 Å². The van der Waals surface area contributed by atoms with Crippen LogP contribution in [0.2, 0.25) is 0 Å². The van der Waals surface area contributed by atoms with Crippen LogP contribution < -0.4 is 10.6 Å². The lowest BCUT2D eigenvalue weighted by atomic mass is 9.89. The van der Waals surface area contributed by atoms with Gasteiger partial charge in [0, 0.05) is 55.5 Å². The van der Waals surface area contributed by atoms with Crippen molar-refractivity contribution < 1.29 is 19.0 Å². The summed E-state index contributed by atoms with van der Waals surface area (Å²) in [6.45, 7) is 14.6. The molecule has 42 heavy (non-hydrogen) atoms. The summed E-state index contributed by atoms with van der Waals surface area (Å²) in [6, 6.07) is 3.48. The van der Waals surface area contributed by atoms with Crippen LogP contribution >= 0.6 is 0 Å². The van der Waals surface area contributed by atoms with Gasteiger partial charge in [0.1, 0.15) is 18.0 Å². The summed E-state index contributed by atoms with van der Waals surface area (Å²) in [5.74, 6) is 0.0738. The highest BCUT2D eigenvalue weighted by molar-refractivity contribution is 5.99. The minimum Gasteiger partial charge on any atom is -0.480 e. The molecular formula is C33H54FN5O3. The summed E-state index contributed by atoms with van der Waals surface area (Å²) in [5.41, 5.74) is 4.92. The SMILES string of the molecule is CC/C(C)=C/N=C(/C=C(\C)N[C@@H](CCN(CCCCc1ccc2c(n1)NCCC2)C[C@H](F)COC)C(=O)O)C(C)(C)C. The number of allylic oxidation sites excluding steroid dienone is 3. The average molecular weight is 588 g/mol. The molecule has 0 unspecified atom stereocenters. The van der Waals surface area contributed by atoms with E-state index in [0.29, 0.717) is 19.5 Å². The van der Waals surface area contributed by atoms with E-state index in [1.54, 1.807) is 0 Å². The van der Waals surface area contributed by atoms with Gasteiger partial charge in [-0.25, -0.2) is 14.2 Å². The number of pyridine rings is 1. The molecule has 2 atom stereocenters. The first-order valence-electron chi connectivity index (χ1n) is 15.4. The molecule has 0 bridgehead atoms. The third-order valence-electron chi connectivity index (χ3n) is 7.45. The van der Waals surface area contributed by atoms with Crippen molar-refractivity contribution in [2.24, 2.45) is 10.4 Å².